The van der Waals surface area contributed by atoms with E-state index in [0.717, 1.165) is 13.1 Å². The molecule has 2 bridgehead atoms. The highest BCUT2D eigenvalue weighted by Gasteiger charge is 2.49. The van der Waals surface area contributed by atoms with Gasteiger partial charge in [0, 0.05) is 26.2 Å². The number of aromatic nitrogens is 2. The Morgan fingerprint density at radius 3 is 2.76 bits per heavy atom. The minimum Gasteiger partial charge on any atom is -0.421 e. The van der Waals surface area contributed by atoms with E-state index in [1.54, 1.807) is 0 Å². The Hall–Kier alpha value is -1.80. The van der Waals surface area contributed by atoms with Crippen molar-refractivity contribution in [3.8, 4) is 0 Å². The predicted molar refractivity (Wildman–Crippen MR) is 80.2 cm³/mol. The summed E-state index contributed by atoms with van der Waals surface area (Å²) in [6.45, 7) is 2.60. The number of amides is 2. The van der Waals surface area contributed by atoms with Crippen LogP contribution in [0.1, 0.15) is 36.7 Å². The van der Waals surface area contributed by atoms with E-state index >= 15 is 0 Å². The summed E-state index contributed by atoms with van der Waals surface area (Å²) in [7, 11) is -4.76. The van der Waals surface area contributed by atoms with Gasteiger partial charge in [-0.05, 0) is 12.8 Å². The van der Waals surface area contributed by atoms with Crippen LogP contribution in [-0.4, -0.2) is 71.4 Å². The van der Waals surface area contributed by atoms with Crippen molar-refractivity contribution in [1.29, 1.82) is 0 Å². The molecule has 0 aliphatic carbocycles. The van der Waals surface area contributed by atoms with Gasteiger partial charge in [-0.15, -0.1) is 14.5 Å². The first-order valence-electron chi connectivity index (χ1n) is 7.96. The van der Waals surface area contributed by atoms with Crippen molar-refractivity contribution in [3.05, 3.63) is 11.8 Å². The number of carbonyl (C=O) groups excluding carboxylic acids is 1. The van der Waals surface area contributed by atoms with Crippen LogP contribution >= 0.6 is 0 Å². The zero-order chi connectivity index (χ0) is 17.6. The normalized spacial score (nSPS) is 30.1. The predicted octanol–water partition coefficient (Wildman–Crippen LogP) is -1.02. The second-order valence-corrected chi connectivity index (χ2v) is 7.20. The first-order valence-corrected chi connectivity index (χ1v) is 9.33. The Morgan fingerprint density at radius 1 is 1.24 bits per heavy atom. The SMILES string of the molecule is O=C1N2C[C@H](CC[C@H]2c2nnc([C@@H]3CNCCN3)o2)N1OS(=O)(=O)O. The fraction of sp³-hybridized carbons (Fsp3) is 0.750. The van der Waals surface area contributed by atoms with Crippen molar-refractivity contribution in [1.82, 2.24) is 30.8 Å². The number of nitrogens with one attached hydrogen (secondary N) is 2. The second kappa shape index (κ2) is 6.17. The molecule has 0 aromatic carbocycles. The van der Waals surface area contributed by atoms with Gasteiger partial charge in [0.25, 0.3) is 0 Å². The Kier molecular flexibility index (Phi) is 4.11. The third kappa shape index (κ3) is 3.20. The first kappa shape index (κ1) is 16.7. The minimum atomic E-state index is -4.76. The summed E-state index contributed by atoms with van der Waals surface area (Å²) in [6.07, 6.45) is 1.02. The summed E-state index contributed by atoms with van der Waals surface area (Å²) in [6, 6.07) is -1.63. The van der Waals surface area contributed by atoms with Crippen molar-refractivity contribution in [2.45, 2.75) is 31.0 Å². The fourth-order valence-corrected chi connectivity index (χ4v) is 3.83. The van der Waals surface area contributed by atoms with Gasteiger partial charge in [0.15, 0.2) is 0 Å². The van der Waals surface area contributed by atoms with E-state index in [2.05, 4.69) is 25.1 Å². The summed E-state index contributed by atoms with van der Waals surface area (Å²) < 4.78 is 40.8. The maximum Gasteiger partial charge on any atom is 0.418 e. The number of hydroxylamine groups is 2. The fourth-order valence-electron chi connectivity index (χ4n) is 3.44. The molecule has 3 N–H and O–H groups in total. The quantitative estimate of drug-likeness (QED) is 0.559. The highest BCUT2D eigenvalue weighted by atomic mass is 32.3. The van der Waals surface area contributed by atoms with Crippen LogP contribution in [0, 0.1) is 0 Å². The molecule has 3 atom stereocenters. The number of rotatable bonds is 4. The van der Waals surface area contributed by atoms with Crippen molar-refractivity contribution < 1.29 is 26.5 Å². The van der Waals surface area contributed by atoms with Crippen molar-refractivity contribution in [3.63, 3.8) is 0 Å². The van der Waals surface area contributed by atoms with Crippen molar-refractivity contribution in [2.24, 2.45) is 0 Å². The maximum absolute atomic E-state index is 12.4. The number of nitrogens with zero attached hydrogens (tertiary/aromatic N) is 4. The van der Waals surface area contributed by atoms with Crippen LogP contribution in [0.15, 0.2) is 4.42 Å². The molecule has 1 aromatic heterocycles. The highest BCUT2D eigenvalue weighted by Crippen LogP contribution is 2.38. The lowest BCUT2D eigenvalue weighted by Gasteiger charge is -2.27. The zero-order valence-corrected chi connectivity index (χ0v) is 14.0. The van der Waals surface area contributed by atoms with Crippen LogP contribution in [-0.2, 0) is 14.7 Å². The van der Waals surface area contributed by atoms with Crippen LogP contribution in [0.2, 0.25) is 0 Å². The molecule has 0 unspecified atom stereocenters. The van der Waals surface area contributed by atoms with E-state index in [1.165, 1.54) is 4.90 Å². The molecule has 3 saturated heterocycles. The molecule has 0 spiro atoms. The van der Waals surface area contributed by atoms with Crippen LogP contribution < -0.4 is 10.6 Å². The van der Waals surface area contributed by atoms with Gasteiger partial charge in [-0.1, -0.05) is 0 Å². The van der Waals surface area contributed by atoms with E-state index in [9.17, 15) is 13.2 Å². The number of fused-ring (bicyclic) bond motifs is 2. The van der Waals surface area contributed by atoms with Crippen LogP contribution in [0.5, 0.6) is 0 Å². The molecular formula is C12H18N6O6S. The van der Waals surface area contributed by atoms with E-state index in [-0.39, 0.29) is 12.6 Å². The molecule has 4 heterocycles. The Balaban J connectivity index is 1.51. The number of carbonyl (C=O) groups is 1. The Labute approximate surface area is 143 Å². The van der Waals surface area contributed by atoms with Gasteiger partial charge in [0.1, 0.15) is 6.04 Å². The Morgan fingerprint density at radius 2 is 2.04 bits per heavy atom. The van der Waals surface area contributed by atoms with Crippen LogP contribution in [0.3, 0.4) is 0 Å². The van der Waals surface area contributed by atoms with E-state index in [1.807, 2.05) is 0 Å². The number of hydrogen-bond donors (Lipinski definition) is 3. The monoisotopic (exact) mass is 374 g/mol. The number of urea groups is 1. The molecule has 2 amide bonds. The molecule has 3 aliphatic rings. The van der Waals surface area contributed by atoms with Gasteiger partial charge in [-0.2, -0.15) is 13.5 Å². The lowest BCUT2D eigenvalue weighted by molar-refractivity contribution is -0.0317. The molecule has 0 radical (unpaired) electrons. The van der Waals surface area contributed by atoms with Gasteiger partial charge < -0.3 is 20.0 Å². The standard InChI is InChI=1S/C12H18N6O6S/c19-12-17-6-7(18(12)24-25(20,21)22)1-2-9(17)11-16-15-10(23-11)8-5-13-3-4-14-8/h7-9,13-14H,1-6H2,(H,20,21,22)/t7-,8-,9-/m0/s1. The highest BCUT2D eigenvalue weighted by molar-refractivity contribution is 7.80. The second-order valence-electron chi connectivity index (χ2n) is 6.20. The summed E-state index contributed by atoms with van der Waals surface area (Å²) in [5.74, 6) is 0.755. The lowest BCUT2D eigenvalue weighted by Crippen LogP contribution is -2.42. The molecule has 138 valence electrons. The molecule has 3 aliphatic heterocycles. The molecule has 0 saturated carbocycles. The van der Waals surface area contributed by atoms with Crippen molar-refractivity contribution in [2.75, 3.05) is 26.2 Å². The smallest absolute Gasteiger partial charge is 0.418 e. The average Bonchev–Trinajstić information content (AvgIpc) is 3.16. The zero-order valence-electron chi connectivity index (χ0n) is 13.2. The van der Waals surface area contributed by atoms with Gasteiger partial charge in [0.2, 0.25) is 11.8 Å². The molecule has 12 nitrogen and oxygen atoms in total. The summed E-state index contributed by atoms with van der Waals surface area (Å²) >= 11 is 0. The molecule has 4 rings (SSSR count). The number of piperidine rings is 1. The average molecular weight is 374 g/mol. The van der Waals surface area contributed by atoms with E-state index in [0.29, 0.717) is 36.2 Å². The van der Waals surface area contributed by atoms with Crippen molar-refractivity contribution >= 4 is 16.4 Å². The molecule has 25 heavy (non-hydrogen) atoms. The molecule has 3 fully saturated rings. The molecule has 1 aromatic rings. The van der Waals surface area contributed by atoms with Gasteiger partial charge >= 0.3 is 16.4 Å². The number of hydrogen-bond acceptors (Lipinski definition) is 9. The molecular weight excluding hydrogens is 356 g/mol. The van der Waals surface area contributed by atoms with Gasteiger partial charge in [-0.25, -0.2) is 4.79 Å². The van der Waals surface area contributed by atoms with Gasteiger partial charge in [0.05, 0.1) is 12.1 Å². The lowest BCUT2D eigenvalue weighted by atomic mass is 10.0. The first-order chi connectivity index (χ1) is 11.9. The topological polar surface area (TPSA) is 150 Å². The third-order valence-electron chi connectivity index (χ3n) is 4.58. The summed E-state index contributed by atoms with van der Waals surface area (Å²) in [5.41, 5.74) is 0. The van der Waals surface area contributed by atoms with Crippen LogP contribution in [0.25, 0.3) is 0 Å². The minimum absolute atomic E-state index is 0.0833. The third-order valence-corrected chi connectivity index (χ3v) is 4.93. The van der Waals surface area contributed by atoms with Crippen LogP contribution in [0.4, 0.5) is 4.79 Å². The largest absolute Gasteiger partial charge is 0.421 e. The van der Waals surface area contributed by atoms with Gasteiger partial charge in [-0.3, -0.25) is 4.55 Å². The van der Waals surface area contributed by atoms with E-state index in [4.69, 9.17) is 8.97 Å². The summed E-state index contributed by atoms with van der Waals surface area (Å²) in [5, 5.41) is 15.3. The number of piperazine rings is 1. The van der Waals surface area contributed by atoms with E-state index < -0.39 is 28.5 Å². The molecule has 13 heteroatoms. The Bertz CT molecular complexity index is 762. The summed E-state index contributed by atoms with van der Waals surface area (Å²) in [4.78, 5) is 13.8. The maximum atomic E-state index is 12.4.